The molecule has 0 bridgehead atoms. The van der Waals surface area contributed by atoms with E-state index in [0.29, 0.717) is 22.8 Å². The number of phenols is 1. The number of fused-ring (bicyclic) bond motifs is 3. The van der Waals surface area contributed by atoms with Crippen LogP contribution in [0.4, 0.5) is 4.39 Å². The minimum atomic E-state index is -0.309. The molecule has 0 saturated heterocycles. The minimum absolute atomic E-state index is 0.183. The van der Waals surface area contributed by atoms with Crippen molar-refractivity contribution in [3.63, 3.8) is 0 Å². The van der Waals surface area contributed by atoms with Gasteiger partial charge in [-0.2, -0.15) is 5.10 Å². The van der Waals surface area contributed by atoms with Gasteiger partial charge in [0.05, 0.1) is 17.3 Å². The Balaban J connectivity index is 1.68. The lowest BCUT2D eigenvalue weighted by Gasteiger charge is -2.02. The molecule has 0 aliphatic carbocycles. The largest absolute Gasteiger partial charge is 0.508 e. The van der Waals surface area contributed by atoms with Crippen LogP contribution >= 0.6 is 0 Å². The Labute approximate surface area is 146 Å². The first-order valence-electron chi connectivity index (χ1n) is 7.83. The monoisotopic (exact) mass is 346 g/mol. The van der Waals surface area contributed by atoms with Crippen LogP contribution in [0.25, 0.3) is 33.8 Å². The lowest BCUT2D eigenvalue weighted by Crippen LogP contribution is -1.99. The van der Waals surface area contributed by atoms with Crippen molar-refractivity contribution in [2.75, 3.05) is 0 Å². The second-order valence-corrected chi connectivity index (χ2v) is 5.77. The maximum absolute atomic E-state index is 13.2. The molecule has 0 aliphatic heterocycles. The molecule has 5 aromatic rings. The third-order valence-corrected chi connectivity index (χ3v) is 4.10. The van der Waals surface area contributed by atoms with Gasteiger partial charge < -0.3 is 5.11 Å². The van der Waals surface area contributed by atoms with Gasteiger partial charge in [-0.25, -0.2) is 23.6 Å². The zero-order valence-corrected chi connectivity index (χ0v) is 13.3. The zero-order valence-electron chi connectivity index (χ0n) is 13.3. The van der Waals surface area contributed by atoms with E-state index < -0.39 is 0 Å². The molecular formula is C18H11FN6O. The van der Waals surface area contributed by atoms with Crippen LogP contribution in [0.1, 0.15) is 0 Å². The molecule has 0 aliphatic rings. The van der Waals surface area contributed by atoms with E-state index in [2.05, 4.69) is 20.2 Å². The summed E-state index contributed by atoms with van der Waals surface area (Å²) in [6, 6.07) is 12.7. The molecule has 126 valence electrons. The van der Waals surface area contributed by atoms with Crippen LogP contribution in [0.5, 0.6) is 5.75 Å². The van der Waals surface area contributed by atoms with E-state index in [1.54, 1.807) is 58.1 Å². The van der Waals surface area contributed by atoms with E-state index in [0.717, 1.165) is 10.9 Å². The summed E-state index contributed by atoms with van der Waals surface area (Å²) < 4.78 is 16.4. The lowest BCUT2D eigenvalue weighted by molar-refractivity contribution is 0.475. The van der Waals surface area contributed by atoms with Crippen LogP contribution in [0.3, 0.4) is 0 Å². The van der Waals surface area contributed by atoms with Crippen molar-refractivity contribution in [2.45, 2.75) is 0 Å². The fraction of sp³-hybridized carbons (Fsp3) is 0. The van der Waals surface area contributed by atoms with E-state index in [4.69, 9.17) is 0 Å². The Morgan fingerprint density at radius 1 is 0.923 bits per heavy atom. The molecule has 8 heteroatoms. The van der Waals surface area contributed by atoms with Gasteiger partial charge in [-0.15, -0.1) is 5.10 Å². The Bertz CT molecular complexity index is 1240. The van der Waals surface area contributed by atoms with Gasteiger partial charge in [0.25, 0.3) is 0 Å². The SMILES string of the molecule is Oc1ccc(-c2nc3c4cnn(-c5ccc(F)cc5)c4ncn3n2)cc1. The quantitative estimate of drug-likeness (QED) is 0.531. The number of phenolic OH excluding ortho intramolecular Hbond substituents is 1. The lowest BCUT2D eigenvalue weighted by atomic mass is 10.2. The van der Waals surface area contributed by atoms with Crippen molar-refractivity contribution >= 4 is 16.7 Å². The summed E-state index contributed by atoms with van der Waals surface area (Å²) in [5.74, 6) is 0.396. The Morgan fingerprint density at radius 3 is 2.46 bits per heavy atom. The van der Waals surface area contributed by atoms with Crippen molar-refractivity contribution in [3.8, 4) is 22.8 Å². The summed E-state index contributed by atoms with van der Waals surface area (Å²) in [7, 11) is 0. The molecule has 1 N–H and O–H groups in total. The van der Waals surface area contributed by atoms with Gasteiger partial charge in [-0.3, -0.25) is 0 Å². The molecule has 3 heterocycles. The van der Waals surface area contributed by atoms with Crippen LogP contribution in [0.15, 0.2) is 61.1 Å². The highest BCUT2D eigenvalue weighted by Crippen LogP contribution is 2.23. The first-order valence-corrected chi connectivity index (χ1v) is 7.83. The number of hydrogen-bond acceptors (Lipinski definition) is 5. The maximum Gasteiger partial charge on any atom is 0.182 e. The molecule has 7 nitrogen and oxygen atoms in total. The van der Waals surface area contributed by atoms with Gasteiger partial charge in [0, 0.05) is 5.56 Å². The average Bonchev–Trinajstić information content (AvgIpc) is 3.26. The molecule has 0 saturated carbocycles. The molecular weight excluding hydrogens is 335 g/mol. The number of aromatic hydroxyl groups is 1. The van der Waals surface area contributed by atoms with Crippen LogP contribution in [0.2, 0.25) is 0 Å². The number of halogens is 1. The third kappa shape index (κ3) is 2.20. The summed E-state index contributed by atoms with van der Waals surface area (Å²) in [5, 5.41) is 18.9. The second kappa shape index (κ2) is 5.35. The van der Waals surface area contributed by atoms with Gasteiger partial charge >= 0.3 is 0 Å². The maximum atomic E-state index is 13.2. The Hall–Kier alpha value is -3.81. The van der Waals surface area contributed by atoms with Crippen LogP contribution in [0, 0.1) is 5.82 Å². The van der Waals surface area contributed by atoms with E-state index in [9.17, 15) is 9.50 Å². The summed E-state index contributed by atoms with van der Waals surface area (Å²) in [5.41, 5.74) is 2.71. The van der Waals surface area contributed by atoms with Gasteiger partial charge in [-0.1, -0.05) is 0 Å². The summed E-state index contributed by atoms with van der Waals surface area (Å²) >= 11 is 0. The molecule has 0 amide bonds. The van der Waals surface area contributed by atoms with Gasteiger partial charge in [-0.05, 0) is 48.5 Å². The predicted octanol–water partition coefficient (Wildman–Crippen LogP) is 2.97. The third-order valence-electron chi connectivity index (χ3n) is 4.10. The first-order chi connectivity index (χ1) is 12.7. The van der Waals surface area contributed by atoms with E-state index in [1.807, 2.05) is 0 Å². The normalized spacial score (nSPS) is 11.4. The highest BCUT2D eigenvalue weighted by atomic mass is 19.1. The zero-order chi connectivity index (χ0) is 17.7. The molecule has 3 aromatic heterocycles. The van der Waals surface area contributed by atoms with E-state index in [-0.39, 0.29) is 11.6 Å². The standard InChI is InChI=1S/C18H11FN6O/c19-12-3-5-13(6-4-12)25-17-15(9-21-25)18-22-16(23-24(18)10-20-17)11-1-7-14(26)8-2-11/h1-10,26H. The fourth-order valence-electron chi connectivity index (χ4n) is 2.82. The fourth-order valence-corrected chi connectivity index (χ4v) is 2.82. The molecule has 0 atom stereocenters. The summed E-state index contributed by atoms with van der Waals surface area (Å²) in [4.78, 5) is 9.00. The van der Waals surface area contributed by atoms with Gasteiger partial charge in [0.1, 0.15) is 17.9 Å². The van der Waals surface area contributed by atoms with Crippen LogP contribution in [-0.4, -0.2) is 34.5 Å². The van der Waals surface area contributed by atoms with Crippen LogP contribution in [-0.2, 0) is 0 Å². The molecule has 0 unspecified atom stereocenters. The molecule has 0 fully saturated rings. The van der Waals surface area contributed by atoms with Gasteiger partial charge in [0.15, 0.2) is 17.1 Å². The summed E-state index contributed by atoms with van der Waals surface area (Å²) in [6.07, 6.45) is 3.23. The number of benzene rings is 2. The molecule has 2 aromatic carbocycles. The van der Waals surface area contributed by atoms with E-state index in [1.165, 1.54) is 12.1 Å². The van der Waals surface area contributed by atoms with Gasteiger partial charge in [0.2, 0.25) is 0 Å². The van der Waals surface area contributed by atoms with Crippen LogP contribution < -0.4 is 0 Å². The number of nitrogens with zero attached hydrogens (tertiary/aromatic N) is 6. The average molecular weight is 346 g/mol. The Morgan fingerprint density at radius 2 is 1.69 bits per heavy atom. The minimum Gasteiger partial charge on any atom is -0.508 e. The number of hydrogen-bond donors (Lipinski definition) is 1. The number of rotatable bonds is 2. The topological polar surface area (TPSA) is 81.1 Å². The highest BCUT2D eigenvalue weighted by Gasteiger charge is 2.14. The van der Waals surface area contributed by atoms with E-state index >= 15 is 0 Å². The number of aromatic nitrogens is 6. The highest BCUT2D eigenvalue weighted by molar-refractivity contribution is 5.89. The van der Waals surface area contributed by atoms with Crippen molar-refractivity contribution in [3.05, 3.63) is 66.9 Å². The first kappa shape index (κ1) is 14.5. The summed E-state index contributed by atoms with van der Waals surface area (Å²) in [6.45, 7) is 0. The Kier molecular flexibility index (Phi) is 2.99. The molecule has 26 heavy (non-hydrogen) atoms. The molecule has 5 rings (SSSR count). The second-order valence-electron chi connectivity index (χ2n) is 5.77. The van der Waals surface area contributed by atoms with Crippen molar-refractivity contribution < 1.29 is 9.50 Å². The smallest absolute Gasteiger partial charge is 0.182 e. The molecule has 0 radical (unpaired) electrons. The van der Waals surface area contributed by atoms with Crippen molar-refractivity contribution in [2.24, 2.45) is 0 Å². The van der Waals surface area contributed by atoms with Crippen molar-refractivity contribution in [1.29, 1.82) is 0 Å². The molecule has 0 spiro atoms. The van der Waals surface area contributed by atoms with Crippen molar-refractivity contribution in [1.82, 2.24) is 29.4 Å². The predicted molar refractivity (Wildman–Crippen MR) is 92.5 cm³/mol.